The smallest absolute Gasteiger partial charge is 0.332 e. The molecule has 0 amide bonds. The molecule has 202 valence electrons. The molecule has 11 nitrogen and oxygen atoms in total. The Morgan fingerprint density at radius 1 is 1.13 bits per heavy atom. The minimum Gasteiger partial charge on any atom is -0.460 e. The van der Waals surface area contributed by atoms with E-state index in [9.17, 15) is 19.2 Å². The van der Waals surface area contributed by atoms with Crippen molar-refractivity contribution in [2.75, 3.05) is 12.3 Å². The van der Waals surface area contributed by atoms with Gasteiger partial charge < -0.3 is 14.9 Å². The van der Waals surface area contributed by atoms with Crippen LogP contribution in [-0.2, 0) is 23.1 Å². The van der Waals surface area contributed by atoms with Crippen molar-refractivity contribution in [1.29, 1.82) is 0 Å². The van der Waals surface area contributed by atoms with Crippen molar-refractivity contribution >= 4 is 23.6 Å². The predicted octanol–water partition coefficient (Wildman–Crippen LogP) is 2.98. The van der Waals surface area contributed by atoms with Crippen LogP contribution in [0.25, 0.3) is 23.2 Å². The number of hydrogen-bond donors (Lipinski definition) is 1. The van der Waals surface area contributed by atoms with Crippen molar-refractivity contribution < 1.29 is 18.7 Å². The second-order valence-electron chi connectivity index (χ2n) is 9.40. The van der Waals surface area contributed by atoms with Gasteiger partial charge in [0.25, 0.3) is 5.56 Å². The molecule has 1 aromatic carbocycles. The van der Waals surface area contributed by atoms with Gasteiger partial charge in [-0.05, 0) is 43.2 Å². The quantitative estimate of drug-likeness (QED) is 0.197. The number of hydrogen-bond acceptors (Lipinski definition) is 8. The second-order valence-corrected chi connectivity index (χ2v) is 9.40. The van der Waals surface area contributed by atoms with E-state index in [2.05, 4.69) is 5.10 Å². The number of esters is 1. The summed E-state index contributed by atoms with van der Waals surface area (Å²) in [5.41, 5.74) is 6.06. The van der Waals surface area contributed by atoms with Gasteiger partial charge in [-0.25, -0.2) is 14.3 Å². The van der Waals surface area contributed by atoms with Crippen molar-refractivity contribution in [3.63, 3.8) is 0 Å². The predicted molar refractivity (Wildman–Crippen MR) is 146 cm³/mol. The summed E-state index contributed by atoms with van der Waals surface area (Å²) < 4.78 is 14.5. The highest BCUT2D eigenvalue weighted by atomic mass is 16.5. The fraction of sp³-hybridized carbons (Fsp3) is 0.250. The first kappa shape index (κ1) is 27.1. The van der Waals surface area contributed by atoms with Crippen LogP contribution >= 0.6 is 0 Å². The largest absolute Gasteiger partial charge is 0.460 e. The Hall–Kier alpha value is -4.93. The molecule has 0 aliphatic heterocycles. The van der Waals surface area contributed by atoms with Crippen LogP contribution in [0.1, 0.15) is 35.5 Å². The summed E-state index contributed by atoms with van der Waals surface area (Å²) in [6.45, 7) is 5.05. The fourth-order valence-electron chi connectivity index (χ4n) is 3.98. The molecule has 0 aliphatic rings. The number of nitrogens with zero attached hydrogens (tertiary/aromatic N) is 4. The monoisotopic (exact) mass is 531 g/mol. The van der Waals surface area contributed by atoms with Crippen molar-refractivity contribution in [2.45, 2.75) is 27.3 Å². The summed E-state index contributed by atoms with van der Waals surface area (Å²) >= 11 is 0. The maximum Gasteiger partial charge on any atom is 0.332 e. The Morgan fingerprint density at radius 3 is 2.49 bits per heavy atom. The van der Waals surface area contributed by atoms with Crippen LogP contribution in [0.3, 0.4) is 0 Å². The van der Waals surface area contributed by atoms with Crippen molar-refractivity contribution in [3.8, 4) is 17.1 Å². The molecule has 4 aromatic rings. The molecule has 0 radical (unpaired) electrons. The molecular weight excluding hydrogens is 502 g/mol. The van der Waals surface area contributed by atoms with Crippen molar-refractivity contribution in [1.82, 2.24) is 18.9 Å². The molecule has 39 heavy (non-hydrogen) atoms. The molecular formula is C28H29N5O6. The Kier molecular flexibility index (Phi) is 7.80. The minimum absolute atomic E-state index is 0.0367. The van der Waals surface area contributed by atoms with E-state index in [0.717, 1.165) is 16.3 Å². The minimum atomic E-state index is -0.846. The van der Waals surface area contributed by atoms with Crippen LogP contribution < -0.4 is 17.0 Å². The zero-order chi connectivity index (χ0) is 28.3. The third kappa shape index (κ3) is 5.82. The number of carbonyl (C=O) groups is 2. The molecule has 3 heterocycles. The molecule has 0 fully saturated rings. The number of anilines is 1. The Labute approximate surface area is 223 Å². The average molecular weight is 532 g/mol. The lowest BCUT2D eigenvalue weighted by atomic mass is 10.1. The first-order chi connectivity index (χ1) is 18.6. The Bertz CT molecular complexity index is 1670. The molecule has 0 aliphatic carbocycles. The second kappa shape index (κ2) is 11.2. The number of aromatic nitrogens is 4. The summed E-state index contributed by atoms with van der Waals surface area (Å²) in [6, 6.07) is 13.0. The maximum absolute atomic E-state index is 12.8. The molecule has 0 bridgehead atoms. The number of ether oxygens (including phenoxy) is 1. The van der Waals surface area contributed by atoms with Gasteiger partial charge >= 0.3 is 11.7 Å². The molecule has 0 saturated carbocycles. The van der Waals surface area contributed by atoms with Gasteiger partial charge in [0.15, 0.2) is 12.4 Å². The lowest BCUT2D eigenvalue weighted by Gasteiger charge is -2.16. The van der Waals surface area contributed by atoms with Gasteiger partial charge in [-0.15, -0.1) is 0 Å². The van der Waals surface area contributed by atoms with E-state index in [1.165, 1.54) is 17.7 Å². The van der Waals surface area contributed by atoms with Gasteiger partial charge in [-0.3, -0.25) is 18.7 Å². The summed E-state index contributed by atoms with van der Waals surface area (Å²) in [4.78, 5) is 50.4. The van der Waals surface area contributed by atoms with Gasteiger partial charge in [0.1, 0.15) is 22.8 Å². The van der Waals surface area contributed by atoms with Crippen LogP contribution in [-0.4, -0.2) is 37.3 Å². The molecule has 4 rings (SSSR count). The number of para-hydroxylation sites is 1. The third-order valence-corrected chi connectivity index (χ3v) is 5.89. The van der Waals surface area contributed by atoms with Crippen LogP contribution in [0.5, 0.6) is 0 Å². The van der Waals surface area contributed by atoms with E-state index < -0.39 is 35.2 Å². The van der Waals surface area contributed by atoms with Crippen molar-refractivity contribution in [3.05, 3.63) is 92.5 Å². The van der Waals surface area contributed by atoms with Crippen LogP contribution in [0.2, 0.25) is 0 Å². The van der Waals surface area contributed by atoms with Gasteiger partial charge in [0.2, 0.25) is 5.78 Å². The first-order valence-electron chi connectivity index (χ1n) is 12.3. The third-order valence-electron chi connectivity index (χ3n) is 5.89. The molecule has 11 heteroatoms. The van der Waals surface area contributed by atoms with E-state index in [0.29, 0.717) is 22.8 Å². The highest BCUT2D eigenvalue weighted by molar-refractivity contribution is 6.02. The van der Waals surface area contributed by atoms with Gasteiger partial charge in [0, 0.05) is 31.4 Å². The van der Waals surface area contributed by atoms with E-state index in [1.54, 1.807) is 16.9 Å². The molecule has 0 spiro atoms. The lowest BCUT2D eigenvalue weighted by Crippen LogP contribution is -2.43. The van der Waals surface area contributed by atoms with E-state index in [-0.39, 0.29) is 18.3 Å². The number of aryl methyl sites for hydroxylation is 1. The normalized spacial score (nSPS) is 11.4. The molecule has 2 N–H and O–H groups in total. The summed E-state index contributed by atoms with van der Waals surface area (Å²) in [5.74, 6) is -0.612. The topological polar surface area (TPSA) is 144 Å². The van der Waals surface area contributed by atoms with Gasteiger partial charge in [-0.1, -0.05) is 32.0 Å². The summed E-state index contributed by atoms with van der Waals surface area (Å²) in [7, 11) is 1.26. The van der Waals surface area contributed by atoms with Gasteiger partial charge in [-0.2, -0.15) is 5.10 Å². The number of ketones is 1. The average Bonchev–Trinajstić information content (AvgIpc) is 3.54. The number of nitrogens with two attached hydrogens (primary N) is 1. The number of nitrogen functional groups attached to an aromatic ring is 1. The summed E-state index contributed by atoms with van der Waals surface area (Å²) in [6.07, 6.45) is 4.39. The summed E-state index contributed by atoms with van der Waals surface area (Å²) in [5, 5.41) is 4.61. The van der Waals surface area contributed by atoms with E-state index >= 15 is 0 Å². The molecule has 0 unspecified atom stereocenters. The number of benzene rings is 1. The molecule has 0 saturated heterocycles. The fourth-order valence-corrected chi connectivity index (χ4v) is 3.98. The standard InChI is InChI=1S/C28H29N5O6/c1-17(2)14-32-26(29)24(27(36)31(4)28(32)37)21(34)16-38-23(35)13-11-19-15-33(20-8-6-5-7-9-20)30-25(19)22-12-10-18(3)39-22/h5-13,15,17H,14,16,29H2,1-4H3/b13-11+. The number of Topliss-reactive ketones (excluding diaryl/α,β-unsaturated/α-hetero) is 1. The Balaban J connectivity index is 1.55. The first-order valence-corrected chi connectivity index (χ1v) is 12.3. The highest BCUT2D eigenvalue weighted by Gasteiger charge is 2.23. The highest BCUT2D eigenvalue weighted by Crippen LogP contribution is 2.26. The zero-order valence-corrected chi connectivity index (χ0v) is 22.1. The van der Waals surface area contributed by atoms with Crippen LogP contribution in [0.15, 0.2) is 68.7 Å². The molecule has 3 aromatic heterocycles. The van der Waals surface area contributed by atoms with E-state index in [4.69, 9.17) is 14.9 Å². The lowest BCUT2D eigenvalue weighted by molar-refractivity contribution is -0.136. The SMILES string of the molecule is Cc1ccc(-c2nn(-c3ccccc3)cc2/C=C/C(=O)OCC(=O)c2c(N)n(CC(C)C)c(=O)n(C)c2=O)o1. The van der Waals surface area contributed by atoms with Crippen molar-refractivity contribution in [2.24, 2.45) is 13.0 Å². The molecule has 0 atom stereocenters. The van der Waals surface area contributed by atoms with Crippen LogP contribution in [0.4, 0.5) is 5.82 Å². The van der Waals surface area contributed by atoms with Gasteiger partial charge in [0.05, 0.1) is 5.69 Å². The Morgan fingerprint density at radius 2 is 1.85 bits per heavy atom. The maximum atomic E-state index is 12.8. The van der Waals surface area contributed by atoms with Crippen LogP contribution in [0, 0.1) is 12.8 Å². The number of carbonyl (C=O) groups excluding carboxylic acids is 2. The number of rotatable bonds is 9. The number of furan rings is 1. The van der Waals surface area contributed by atoms with E-state index in [1.807, 2.05) is 57.2 Å². The zero-order valence-electron chi connectivity index (χ0n) is 22.1.